The van der Waals surface area contributed by atoms with Gasteiger partial charge in [0.2, 0.25) is 0 Å². The molecule has 1 atom stereocenters. The Morgan fingerprint density at radius 1 is 1.56 bits per heavy atom. The zero-order valence-electron chi connectivity index (χ0n) is 10.3. The molecule has 0 aliphatic rings. The molecule has 0 unspecified atom stereocenters. The Balaban J connectivity index is 2.44. The Morgan fingerprint density at radius 2 is 2.28 bits per heavy atom. The minimum Gasteiger partial charge on any atom is -0.480 e. The van der Waals surface area contributed by atoms with Crippen molar-refractivity contribution in [2.75, 3.05) is 0 Å². The maximum absolute atomic E-state index is 11.0. The summed E-state index contributed by atoms with van der Waals surface area (Å²) in [6.07, 6.45) is 1.66. The lowest BCUT2D eigenvalue weighted by atomic mass is 10.1. The molecule has 5 nitrogen and oxygen atoms in total. The summed E-state index contributed by atoms with van der Waals surface area (Å²) in [6, 6.07) is 4.70. The summed E-state index contributed by atoms with van der Waals surface area (Å²) in [5.41, 5.74) is 0.734. The number of thiocarbonyl (C=S) groups is 1. The number of carboxylic acids is 1. The quantitative estimate of drug-likeness (QED) is 0.790. The topological polar surface area (TPSA) is 71.5 Å². The molecule has 1 aromatic rings. The van der Waals surface area contributed by atoms with Crippen LogP contribution in [0.1, 0.15) is 19.5 Å². The number of ether oxygens (including phenoxy) is 1. The summed E-state index contributed by atoms with van der Waals surface area (Å²) in [6.45, 7) is 3.82. The molecule has 0 saturated heterocycles. The maximum atomic E-state index is 11.0. The summed E-state index contributed by atoms with van der Waals surface area (Å²) < 4.78 is 5.25. The van der Waals surface area contributed by atoms with Crippen molar-refractivity contribution >= 4 is 23.4 Å². The fourth-order valence-corrected chi connectivity index (χ4v) is 1.49. The van der Waals surface area contributed by atoms with Gasteiger partial charge in [0.25, 0.3) is 5.17 Å². The highest BCUT2D eigenvalue weighted by Crippen LogP contribution is 2.03. The second-order valence-electron chi connectivity index (χ2n) is 4.10. The van der Waals surface area contributed by atoms with Crippen molar-refractivity contribution in [3.05, 3.63) is 30.1 Å². The zero-order chi connectivity index (χ0) is 13.5. The molecule has 0 aliphatic heterocycles. The Morgan fingerprint density at radius 3 is 2.78 bits per heavy atom. The minimum absolute atomic E-state index is 0.0711. The number of nitrogens with zero attached hydrogens (tertiary/aromatic N) is 1. The van der Waals surface area contributed by atoms with Crippen LogP contribution in [0.3, 0.4) is 0 Å². The first-order chi connectivity index (χ1) is 8.50. The van der Waals surface area contributed by atoms with Crippen LogP contribution in [0.15, 0.2) is 24.4 Å². The average molecular weight is 268 g/mol. The molecule has 1 heterocycles. The molecule has 0 radical (unpaired) electrons. The van der Waals surface area contributed by atoms with Gasteiger partial charge in [-0.25, -0.2) is 4.79 Å². The number of hydrogen-bond acceptors (Lipinski definition) is 4. The number of pyridine rings is 1. The van der Waals surface area contributed by atoms with Gasteiger partial charge in [-0.05, 0) is 30.3 Å². The van der Waals surface area contributed by atoms with E-state index in [1.54, 1.807) is 32.2 Å². The number of nitrogens with one attached hydrogen (secondary N) is 1. The molecule has 0 amide bonds. The highest BCUT2D eigenvalue weighted by atomic mass is 32.1. The lowest BCUT2D eigenvalue weighted by molar-refractivity contribution is -0.140. The van der Waals surface area contributed by atoms with E-state index in [9.17, 15) is 4.79 Å². The Hall–Kier alpha value is -1.69. The van der Waals surface area contributed by atoms with Crippen molar-refractivity contribution in [2.24, 2.45) is 5.92 Å². The second kappa shape index (κ2) is 6.90. The third-order valence-electron chi connectivity index (χ3n) is 2.28. The number of aliphatic carboxylic acids is 1. The predicted octanol–water partition coefficient (Wildman–Crippen LogP) is 1.58. The van der Waals surface area contributed by atoms with Crippen LogP contribution in [0.2, 0.25) is 0 Å². The molecule has 18 heavy (non-hydrogen) atoms. The SMILES string of the molecule is CC(C)[C@H](NC(=S)OCc1ccccn1)C(=O)O. The van der Waals surface area contributed by atoms with Crippen LogP contribution in [0.5, 0.6) is 0 Å². The van der Waals surface area contributed by atoms with E-state index in [1.165, 1.54) is 0 Å². The van der Waals surface area contributed by atoms with Crippen molar-refractivity contribution < 1.29 is 14.6 Å². The molecule has 0 spiro atoms. The number of rotatable bonds is 5. The van der Waals surface area contributed by atoms with Crippen LogP contribution in [0.4, 0.5) is 0 Å². The first-order valence-electron chi connectivity index (χ1n) is 5.56. The summed E-state index contributed by atoms with van der Waals surface area (Å²) in [4.78, 5) is 15.0. The van der Waals surface area contributed by atoms with Gasteiger partial charge < -0.3 is 15.2 Å². The van der Waals surface area contributed by atoms with Crippen LogP contribution < -0.4 is 5.32 Å². The largest absolute Gasteiger partial charge is 0.480 e. The van der Waals surface area contributed by atoms with Gasteiger partial charge in [0.05, 0.1) is 5.69 Å². The first kappa shape index (κ1) is 14.4. The molecule has 0 fully saturated rings. The smallest absolute Gasteiger partial charge is 0.326 e. The van der Waals surface area contributed by atoms with E-state index in [1.807, 2.05) is 6.07 Å². The predicted molar refractivity (Wildman–Crippen MR) is 71.0 cm³/mol. The molecular weight excluding hydrogens is 252 g/mol. The van der Waals surface area contributed by atoms with E-state index < -0.39 is 12.0 Å². The van der Waals surface area contributed by atoms with Crippen molar-refractivity contribution in [3.63, 3.8) is 0 Å². The van der Waals surface area contributed by atoms with Gasteiger partial charge in [0.15, 0.2) is 0 Å². The van der Waals surface area contributed by atoms with Crippen LogP contribution in [0, 0.1) is 5.92 Å². The van der Waals surface area contributed by atoms with Crippen LogP contribution in [-0.2, 0) is 16.1 Å². The molecule has 1 rings (SSSR count). The monoisotopic (exact) mass is 268 g/mol. The molecule has 0 saturated carbocycles. The molecule has 1 aromatic heterocycles. The average Bonchev–Trinajstić information content (AvgIpc) is 2.34. The van der Waals surface area contributed by atoms with Gasteiger partial charge in [-0.3, -0.25) is 4.98 Å². The van der Waals surface area contributed by atoms with E-state index in [4.69, 9.17) is 22.1 Å². The van der Waals surface area contributed by atoms with E-state index in [0.717, 1.165) is 5.69 Å². The summed E-state index contributed by atoms with van der Waals surface area (Å²) in [5, 5.41) is 11.7. The molecule has 98 valence electrons. The van der Waals surface area contributed by atoms with Gasteiger partial charge in [-0.1, -0.05) is 19.9 Å². The van der Waals surface area contributed by atoms with Crippen molar-refractivity contribution in [1.29, 1.82) is 0 Å². The number of hydrogen-bond donors (Lipinski definition) is 2. The highest BCUT2D eigenvalue weighted by molar-refractivity contribution is 7.80. The van der Waals surface area contributed by atoms with Crippen LogP contribution in [0.25, 0.3) is 0 Å². The Kier molecular flexibility index (Phi) is 5.51. The third-order valence-corrected chi connectivity index (χ3v) is 2.52. The van der Waals surface area contributed by atoms with E-state index in [0.29, 0.717) is 0 Å². The second-order valence-corrected chi connectivity index (χ2v) is 4.47. The van der Waals surface area contributed by atoms with E-state index in [-0.39, 0.29) is 17.7 Å². The van der Waals surface area contributed by atoms with Crippen LogP contribution >= 0.6 is 12.2 Å². The lowest BCUT2D eigenvalue weighted by Crippen LogP contribution is -2.44. The standard InChI is InChI=1S/C12H16N2O3S/c1-8(2)10(11(15)16)14-12(18)17-7-9-5-3-4-6-13-9/h3-6,8,10H,7H2,1-2H3,(H,14,18)(H,15,16)/t10-/m0/s1. The highest BCUT2D eigenvalue weighted by Gasteiger charge is 2.22. The summed E-state index contributed by atoms with van der Waals surface area (Å²) in [7, 11) is 0. The Labute approximate surface area is 111 Å². The summed E-state index contributed by atoms with van der Waals surface area (Å²) >= 11 is 4.94. The Bertz CT molecular complexity index is 409. The van der Waals surface area contributed by atoms with E-state index >= 15 is 0 Å². The fourth-order valence-electron chi connectivity index (χ4n) is 1.31. The molecule has 0 aliphatic carbocycles. The van der Waals surface area contributed by atoms with Crippen molar-refractivity contribution in [3.8, 4) is 0 Å². The molecule has 6 heteroatoms. The maximum Gasteiger partial charge on any atom is 0.326 e. The van der Waals surface area contributed by atoms with Gasteiger partial charge >= 0.3 is 5.97 Å². The number of carboxylic acid groups (broad SMARTS) is 1. The first-order valence-corrected chi connectivity index (χ1v) is 5.97. The minimum atomic E-state index is -0.950. The molecule has 0 bridgehead atoms. The van der Waals surface area contributed by atoms with E-state index in [2.05, 4.69) is 10.3 Å². The van der Waals surface area contributed by atoms with Gasteiger partial charge in [0.1, 0.15) is 12.6 Å². The van der Waals surface area contributed by atoms with Gasteiger partial charge in [-0.15, -0.1) is 0 Å². The van der Waals surface area contributed by atoms with Crippen LogP contribution in [-0.4, -0.2) is 27.3 Å². The van der Waals surface area contributed by atoms with Gasteiger partial charge in [0, 0.05) is 6.20 Å². The fraction of sp³-hybridized carbons (Fsp3) is 0.417. The zero-order valence-corrected chi connectivity index (χ0v) is 11.1. The lowest BCUT2D eigenvalue weighted by Gasteiger charge is -2.19. The summed E-state index contributed by atoms with van der Waals surface area (Å²) in [5.74, 6) is -1.03. The molecule has 2 N–H and O–H groups in total. The molecular formula is C12H16N2O3S. The molecule has 0 aromatic carbocycles. The normalized spacial score (nSPS) is 11.9. The third kappa shape index (κ3) is 4.67. The number of aromatic nitrogens is 1. The van der Waals surface area contributed by atoms with Crippen molar-refractivity contribution in [1.82, 2.24) is 10.3 Å². The van der Waals surface area contributed by atoms with Gasteiger partial charge in [-0.2, -0.15) is 0 Å². The number of carbonyl (C=O) groups is 1. The van der Waals surface area contributed by atoms with Crippen molar-refractivity contribution in [2.45, 2.75) is 26.5 Å².